The summed E-state index contributed by atoms with van der Waals surface area (Å²) >= 11 is 0. The zero-order chi connectivity index (χ0) is 15.2. The van der Waals surface area contributed by atoms with Crippen molar-refractivity contribution in [1.82, 2.24) is 4.90 Å². The van der Waals surface area contributed by atoms with E-state index in [2.05, 4.69) is 18.8 Å². The molecule has 0 bridgehead atoms. The Morgan fingerprint density at radius 3 is 2.95 bits per heavy atom. The molecule has 2 N–H and O–H groups in total. The maximum atomic E-state index is 12.9. The molecule has 4 heteroatoms. The van der Waals surface area contributed by atoms with Gasteiger partial charge in [-0.15, -0.1) is 0 Å². The number of nitrogens with zero attached hydrogens (tertiary/aromatic N) is 1. The van der Waals surface area contributed by atoms with Crippen molar-refractivity contribution >= 4 is 5.91 Å². The monoisotopic (exact) mass is 286 g/mol. The molecule has 1 aliphatic rings. The number of carbonyl (C=O) groups excluding carboxylic acids is 1. The van der Waals surface area contributed by atoms with Crippen LogP contribution in [0.2, 0.25) is 0 Å². The van der Waals surface area contributed by atoms with E-state index < -0.39 is 0 Å². The van der Waals surface area contributed by atoms with Gasteiger partial charge in [0.05, 0.1) is 30.9 Å². The minimum absolute atomic E-state index is 0.0268. The zero-order valence-electron chi connectivity index (χ0n) is 12.6. The van der Waals surface area contributed by atoms with Gasteiger partial charge in [-0.1, -0.05) is 30.9 Å². The quantitative estimate of drug-likeness (QED) is 0.841. The van der Waals surface area contributed by atoms with Crippen LogP contribution >= 0.6 is 0 Å². The number of ether oxygens (including phenoxy) is 1. The first-order valence-corrected chi connectivity index (χ1v) is 7.37. The van der Waals surface area contributed by atoms with Gasteiger partial charge in [0.2, 0.25) is 0 Å². The Bertz CT molecular complexity index is 559. The maximum absolute atomic E-state index is 12.9. The fourth-order valence-electron chi connectivity index (χ4n) is 2.51. The molecule has 1 heterocycles. The van der Waals surface area contributed by atoms with Crippen molar-refractivity contribution < 1.29 is 9.53 Å². The fourth-order valence-corrected chi connectivity index (χ4v) is 2.51. The van der Waals surface area contributed by atoms with Gasteiger partial charge >= 0.3 is 0 Å². The van der Waals surface area contributed by atoms with Crippen LogP contribution in [0.5, 0.6) is 0 Å². The standard InChI is InChI=1S/C17H22N2O2/c1-3-15-12-21-13(2)11-19(15)17(20)16-9-5-4-7-14(16)8-6-10-18/h4-5,7,9,13,15H,3,10-12,18H2,1-2H3. The molecule has 0 aromatic heterocycles. The Morgan fingerprint density at radius 2 is 2.24 bits per heavy atom. The molecule has 1 aromatic carbocycles. The SMILES string of the molecule is CCC1COC(C)CN1C(=O)c1ccccc1C#CCN. The van der Waals surface area contributed by atoms with Gasteiger partial charge < -0.3 is 15.4 Å². The molecule has 0 radical (unpaired) electrons. The molecule has 0 spiro atoms. The van der Waals surface area contributed by atoms with Gasteiger partial charge in [0, 0.05) is 12.1 Å². The van der Waals surface area contributed by atoms with Crippen LogP contribution in [0.4, 0.5) is 0 Å². The molecule has 1 aromatic rings. The highest BCUT2D eigenvalue weighted by Gasteiger charge is 2.30. The summed E-state index contributed by atoms with van der Waals surface area (Å²) in [6.45, 7) is 5.57. The van der Waals surface area contributed by atoms with E-state index in [9.17, 15) is 4.79 Å². The van der Waals surface area contributed by atoms with Gasteiger partial charge in [0.1, 0.15) is 0 Å². The highest BCUT2D eigenvalue weighted by atomic mass is 16.5. The Hall–Kier alpha value is -1.83. The summed E-state index contributed by atoms with van der Waals surface area (Å²) in [5.41, 5.74) is 6.80. The number of amides is 1. The first kappa shape index (κ1) is 15.6. The summed E-state index contributed by atoms with van der Waals surface area (Å²) in [5, 5.41) is 0. The molecule has 1 fully saturated rings. The lowest BCUT2D eigenvalue weighted by molar-refractivity contribution is -0.0444. The van der Waals surface area contributed by atoms with Crippen molar-refractivity contribution in [3.63, 3.8) is 0 Å². The Kier molecular flexibility index (Phi) is 5.38. The second kappa shape index (κ2) is 7.26. The summed E-state index contributed by atoms with van der Waals surface area (Å²) in [7, 11) is 0. The third-order valence-electron chi connectivity index (χ3n) is 3.68. The number of benzene rings is 1. The predicted octanol–water partition coefficient (Wildman–Crippen LogP) is 1.64. The molecule has 4 nitrogen and oxygen atoms in total. The molecule has 2 atom stereocenters. The normalized spacial score (nSPS) is 21.6. The molecule has 0 aliphatic carbocycles. The van der Waals surface area contributed by atoms with E-state index in [4.69, 9.17) is 10.5 Å². The molecule has 1 amide bonds. The van der Waals surface area contributed by atoms with Gasteiger partial charge in [0.25, 0.3) is 5.91 Å². The first-order valence-electron chi connectivity index (χ1n) is 7.37. The van der Waals surface area contributed by atoms with Crippen molar-refractivity contribution in [1.29, 1.82) is 0 Å². The summed E-state index contributed by atoms with van der Waals surface area (Å²) < 4.78 is 5.65. The minimum Gasteiger partial charge on any atom is -0.375 e. The molecule has 2 unspecified atom stereocenters. The Morgan fingerprint density at radius 1 is 1.48 bits per heavy atom. The van der Waals surface area contributed by atoms with Crippen LogP contribution in [0.3, 0.4) is 0 Å². The maximum Gasteiger partial charge on any atom is 0.255 e. The third-order valence-corrected chi connectivity index (χ3v) is 3.68. The van der Waals surface area contributed by atoms with Crippen molar-refractivity contribution in [2.45, 2.75) is 32.4 Å². The molecule has 21 heavy (non-hydrogen) atoms. The predicted molar refractivity (Wildman–Crippen MR) is 82.9 cm³/mol. The molecular weight excluding hydrogens is 264 g/mol. The second-order valence-corrected chi connectivity index (χ2v) is 5.22. The van der Waals surface area contributed by atoms with Crippen molar-refractivity contribution in [2.75, 3.05) is 19.7 Å². The number of morpholine rings is 1. The van der Waals surface area contributed by atoms with E-state index in [0.29, 0.717) is 18.7 Å². The molecule has 112 valence electrons. The van der Waals surface area contributed by atoms with Gasteiger partial charge in [-0.2, -0.15) is 0 Å². The van der Waals surface area contributed by atoms with E-state index in [1.807, 2.05) is 36.1 Å². The summed E-state index contributed by atoms with van der Waals surface area (Å²) in [4.78, 5) is 14.8. The van der Waals surface area contributed by atoms with Crippen LogP contribution in [0.25, 0.3) is 0 Å². The second-order valence-electron chi connectivity index (χ2n) is 5.22. The summed E-state index contributed by atoms with van der Waals surface area (Å²) in [6, 6.07) is 7.57. The van der Waals surface area contributed by atoms with Crippen LogP contribution in [-0.4, -0.2) is 42.6 Å². The molecule has 2 rings (SSSR count). The zero-order valence-corrected chi connectivity index (χ0v) is 12.6. The number of carbonyl (C=O) groups is 1. The Balaban J connectivity index is 2.30. The fraction of sp³-hybridized carbons (Fsp3) is 0.471. The Labute approximate surface area is 126 Å². The molecular formula is C17H22N2O2. The van der Waals surface area contributed by atoms with E-state index in [1.54, 1.807) is 0 Å². The van der Waals surface area contributed by atoms with Crippen LogP contribution in [0.15, 0.2) is 24.3 Å². The topological polar surface area (TPSA) is 55.6 Å². The smallest absolute Gasteiger partial charge is 0.255 e. The molecule has 0 saturated carbocycles. The number of nitrogens with two attached hydrogens (primary N) is 1. The average Bonchev–Trinajstić information content (AvgIpc) is 2.52. The van der Waals surface area contributed by atoms with E-state index in [1.165, 1.54) is 0 Å². The number of hydrogen-bond donors (Lipinski definition) is 1. The van der Waals surface area contributed by atoms with Crippen LogP contribution in [0, 0.1) is 11.8 Å². The number of rotatable bonds is 2. The number of hydrogen-bond acceptors (Lipinski definition) is 3. The van der Waals surface area contributed by atoms with Crippen LogP contribution < -0.4 is 5.73 Å². The third kappa shape index (κ3) is 3.63. The van der Waals surface area contributed by atoms with Gasteiger partial charge in [0.15, 0.2) is 0 Å². The molecule has 1 aliphatic heterocycles. The van der Waals surface area contributed by atoms with Gasteiger partial charge in [-0.3, -0.25) is 4.79 Å². The highest BCUT2D eigenvalue weighted by molar-refractivity contribution is 5.97. The lowest BCUT2D eigenvalue weighted by Gasteiger charge is -2.38. The van der Waals surface area contributed by atoms with E-state index in [0.717, 1.165) is 12.0 Å². The van der Waals surface area contributed by atoms with Crippen LogP contribution in [0.1, 0.15) is 36.2 Å². The summed E-state index contributed by atoms with van der Waals surface area (Å²) in [6.07, 6.45) is 0.953. The van der Waals surface area contributed by atoms with E-state index >= 15 is 0 Å². The van der Waals surface area contributed by atoms with Crippen molar-refractivity contribution in [3.05, 3.63) is 35.4 Å². The van der Waals surface area contributed by atoms with Gasteiger partial charge in [-0.05, 0) is 25.5 Å². The molecule has 1 saturated heterocycles. The van der Waals surface area contributed by atoms with Crippen LogP contribution in [-0.2, 0) is 4.74 Å². The average molecular weight is 286 g/mol. The minimum atomic E-state index is 0.0268. The van der Waals surface area contributed by atoms with E-state index in [-0.39, 0.29) is 24.6 Å². The largest absolute Gasteiger partial charge is 0.375 e. The summed E-state index contributed by atoms with van der Waals surface area (Å²) in [5.74, 6) is 5.83. The highest BCUT2D eigenvalue weighted by Crippen LogP contribution is 2.19. The van der Waals surface area contributed by atoms with Crippen molar-refractivity contribution in [3.8, 4) is 11.8 Å². The lowest BCUT2D eigenvalue weighted by Crippen LogP contribution is -2.51. The first-order chi connectivity index (χ1) is 10.2. The lowest BCUT2D eigenvalue weighted by atomic mass is 10.0. The van der Waals surface area contributed by atoms with Crippen molar-refractivity contribution in [2.24, 2.45) is 5.73 Å². The van der Waals surface area contributed by atoms with Gasteiger partial charge in [-0.25, -0.2) is 0 Å².